The molecule has 3 heterocycles. The third-order valence-corrected chi connectivity index (χ3v) is 5.94. The van der Waals surface area contributed by atoms with Gasteiger partial charge in [-0.2, -0.15) is 5.26 Å². The first-order valence-electron chi connectivity index (χ1n) is 9.85. The van der Waals surface area contributed by atoms with E-state index in [9.17, 15) is 10.1 Å². The number of rotatable bonds is 5. The van der Waals surface area contributed by atoms with E-state index in [4.69, 9.17) is 0 Å². The van der Waals surface area contributed by atoms with Gasteiger partial charge in [-0.3, -0.25) is 14.5 Å². The van der Waals surface area contributed by atoms with Crippen LogP contribution in [0.25, 0.3) is 22.7 Å². The molecule has 5 aromatic rings. The molecular formula is C23H17N7OS. The van der Waals surface area contributed by atoms with Crippen molar-refractivity contribution in [1.29, 1.82) is 5.26 Å². The smallest absolute Gasteiger partial charge is 0.272 e. The van der Waals surface area contributed by atoms with E-state index in [0.29, 0.717) is 27.8 Å². The van der Waals surface area contributed by atoms with Crippen molar-refractivity contribution >= 4 is 17.4 Å². The van der Waals surface area contributed by atoms with E-state index < -0.39 is 0 Å². The zero-order chi connectivity index (χ0) is 22.1. The van der Waals surface area contributed by atoms with Gasteiger partial charge in [-0.05, 0) is 19.1 Å². The van der Waals surface area contributed by atoms with Crippen LogP contribution in [0.1, 0.15) is 16.8 Å². The molecule has 0 atom stereocenters. The van der Waals surface area contributed by atoms with Gasteiger partial charge in [0.2, 0.25) is 0 Å². The third kappa shape index (κ3) is 3.57. The van der Waals surface area contributed by atoms with Gasteiger partial charge in [-0.1, -0.05) is 59.8 Å². The minimum absolute atomic E-state index is 0.267. The summed E-state index contributed by atoms with van der Waals surface area (Å²) in [6.07, 6.45) is 1.47. The maximum atomic E-state index is 12.4. The van der Waals surface area contributed by atoms with Gasteiger partial charge in [0.05, 0.1) is 5.69 Å². The van der Waals surface area contributed by atoms with Crippen molar-refractivity contribution in [1.82, 2.24) is 29.4 Å². The SMILES string of the molecule is Cc1ccc(-n2c(SCc3cc(=O)n4[nH]cc(C#N)c4n3)nnc2-c2ccccc2)cc1. The third-order valence-electron chi connectivity index (χ3n) is 4.98. The summed E-state index contributed by atoms with van der Waals surface area (Å²) in [4.78, 5) is 16.9. The summed E-state index contributed by atoms with van der Waals surface area (Å²) in [7, 11) is 0. The Balaban J connectivity index is 1.54. The number of fused-ring (bicyclic) bond motifs is 1. The molecule has 0 amide bonds. The molecule has 0 fully saturated rings. The average molecular weight is 440 g/mol. The quantitative estimate of drug-likeness (QED) is 0.418. The van der Waals surface area contributed by atoms with Crippen LogP contribution in [-0.2, 0) is 5.75 Å². The summed E-state index contributed by atoms with van der Waals surface area (Å²) < 4.78 is 3.26. The minimum atomic E-state index is -0.267. The van der Waals surface area contributed by atoms with Crippen LogP contribution in [0.15, 0.2) is 76.8 Å². The van der Waals surface area contributed by atoms with E-state index in [1.165, 1.54) is 28.5 Å². The predicted molar refractivity (Wildman–Crippen MR) is 122 cm³/mol. The topological polar surface area (TPSA) is 105 Å². The van der Waals surface area contributed by atoms with Crippen LogP contribution >= 0.6 is 11.8 Å². The van der Waals surface area contributed by atoms with Crippen LogP contribution in [-0.4, -0.2) is 29.4 Å². The first-order chi connectivity index (χ1) is 15.6. The molecule has 0 spiro atoms. The fraction of sp³-hybridized carbons (Fsp3) is 0.0870. The second-order valence-electron chi connectivity index (χ2n) is 7.18. The van der Waals surface area contributed by atoms with Crippen LogP contribution in [0, 0.1) is 18.3 Å². The van der Waals surface area contributed by atoms with Gasteiger partial charge >= 0.3 is 0 Å². The van der Waals surface area contributed by atoms with Crippen molar-refractivity contribution < 1.29 is 0 Å². The number of H-pyrrole nitrogens is 1. The van der Waals surface area contributed by atoms with E-state index in [2.05, 4.69) is 20.3 Å². The fourth-order valence-electron chi connectivity index (χ4n) is 3.39. The Morgan fingerprint density at radius 1 is 1.09 bits per heavy atom. The zero-order valence-electron chi connectivity index (χ0n) is 17.1. The molecule has 9 heteroatoms. The molecule has 0 radical (unpaired) electrons. The van der Waals surface area contributed by atoms with Crippen LogP contribution in [0.2, 0.25) is 0 Å². The molecule has 0 saturated carbocycles. The maximum Gasteiger partial charge on any atom is 0.272 e. The molecule has 156 valence electrons. The van der Waals surface area contributed by atoms with E-state index in [-0.39, 0.29) is 5.56 Å². The summed E-state index contributed by atoms with van der Waals surface area (Å²) in [5, 5.41) is 21.6. The Bertz CT molecular complexity index is 1510. The van der Waals surface area contributed by atoms with E-state index in [1.807, 2.05) is 72.2 Å². The van der Waals surface area contributed by atoms with Crippen molar-refractivity contribution in [2.75, 3.05) is 0 Å². The van der Waals surface area contributed by atoms with Crippen LogP contribution < -0.4 is 5.56 Å². The number of aromatic amines is 1. The monoisotopic (exact) mass is 439 g/mol. The number of hydrogen-bond acceptors (Lipinski definition) is 6. The Kier molecular flexibility index (Phi) is 5.05. The summed E-state index contributed by atoms with van der Waals surface area (Å²) in [6.45, 7) is 2.04. The molecule has 1 N–H and O–H groups in total. The Labute approximate surface area is 187 Å². The summed E-state index contributed by atoms with van der Waals surface area (Å²) in [6, 6.07) is 21.5. The van der Waals surface area contributed by atoms with E-state index in [0.717, 1.165) is 22.6 Å². The molecule has 0 aliphatic rings. The lowest BCUT2D eigenvalue weighted by atomic mass is 10.2. The first kappa shape index (κ1) is 19.8. The van der Waals surface area contributed by atoms with Gasteiger partial charge in [-0.15, -0.1) is 10.2 Å². The number of nitrogens with one attached hydrogen (secondary N) is 1. The highest BCUT2D eigenvalue weighted by molar-refractivity contribution is 7.98. The highest BCUT2D eigenvalue weighted by Gasteiger charge is 2.17. The molecule has 5 rings (SSSR count). The fourth-order valence-corrected chi connectivity index (χ4v) is 4.23. The number of aryl methyl sites for hydroxylation is 1. The molecule has 2 aromatic carbocycles. The Morgan fingerprint density at radius 3 is 2.62 bits per heavy atom. The average Bonchev–Trinajstić information content (AvgIpc) is 3.43. The predicted octanol–water partition coefficient (Wildman–Crippen LogP) is 3.74. The standard InChI is InChI=1S/C23H17N7OS/c1-15-7-9-19(10-8-15)29-22(16-5-3-2-4-6-16)27-28-23(29)32-14-18-11-20(31)30-21(26-18)17(12-24)13-25-30/h2-11,13,25H,14H2,1H3. The molecule has 0 aliphatic carbocycles. The largest absolute Gasteiger partial charge is 0.295 e. The number of thioether (sulfide) groups is 1. The van der Waals surface area contributed by atoms with E-state index >= 15 is 0 Å². The Morgan fingerprint density at radius 2 is 1.88 bits per heavy atom. The van der Waals surface area contributed by atoms with Gasteiger partial charge in [0.15, 0.2) is 16.6 Å². The molecular weight excluding hydrogens is 422 g/mol. The van der Waals surface area contributed by atoms with E-state index in [1.54, 1.807) is 0 Å². The molecule has 0 unspecified atom stereocenters. The van der Waals surface area contributed by atoms with Gasteiger partial charge in [-0.25, -0.2) is 9.50 Å². The number of nitriles is 1. The molecule has 3 aromatic heterocycles. The van der Waals surface area contributed by atoms with Gasteiger partial charge < -0.3 is 0 Å². The zero-order valence-corrected chi connectivity index (χ0v) is 17.9. The molecule has 8 nitrogen and oxygen atoms in total. The Hall–Kier alpha value is -4.16. The number of aromatic nitrogens is 6. The lowest BCUT2D eigenvalue weighted by molar-refractivity contribution is 0.877. The van der Waals surface area contributed by atoms with Gasteiger partial charge in [0.25, 0.3) is 5.56 Å². The molecule has 0 saturated heterocycles. The minimum Gasteiger partial charge on any atom is -0.295 e. The van der Waals surface area contributed by atoms with Crippen LogP contribution in [0.3, 0.4) is 0 Å². The summed E-state index contributed by atoms with van der Waals surface area (Å²) >= 11 is 1.43. The van der Waals surface area contributed by atoms with Crippen molar-refractivity contribution in [3.63, 3.8) is 0 Å². The highest BCUT2D eigenvalue weighted by Crippen LogP contribution is 2.29. The van der Waals surface area contributed by atoms with Crippen molar-refractivity contribution in [2.45, 2.75) is 17.8 Å². The van der Waals surface area contributed by atoms with Crippen LogP contribution in [0.4, 0.5) is 0 Å². The lowest BCUT2D eigenvalue weighted by Gasteiger charge is -2.11. The summed E-state index contributed by atoms with van der Waals surface area (Å²) in [5.74, 6) is 1.14. The second-order valence-corrected chi connectivity index (χ2v) is 8.12. The second kappa shape index (κ2) is 8.17. The summed E-state index contributed by atoms with van der Waals surface area (Å²) in [5.41, 5.74) is 4.01. The van der Waals surface area contributed by atoms with Crippen LogP contribution in [0.5, 0.6) is 0 Å². The normalized spacial score (nSPS) is 11.0. The lowest BCUT2D eigenvalue weighted by Crippen LogP contribution is -2.15. The van der Waals surface area contributed by atoms with Crippen molar-refractivity contribution in [3.05, 3.63) is 94.0 Å². The highest BCUT2D eigenvalue weighted by atomic mass is 32.2. The first-order valence-corrected chi connectivity index (χ1v) is 10.8. The number of benzene rings is 2. The molecule has 0 aliphatic heterocycles. The van der Waals surface area contributed by atoms with Gasteiger partial charge in [0.1, 0.15) is 11.6 Å². The molecule has 32 heavy (non-hydrogen) atoms. The maximum absolute atomic E-state index is 12.4. The number of hydrogen-bond donors (Lipinski definition) is 1. The van der Waals surface area contributed by atoms with Gasteiger partial charge in [0, 0.05) is 29.3 Å². The molecule has 0 bridgehead atoms. The van der Waals surface area contributed by atoms with Crippen molar-refractivity contribution in [2.24, 2.45) is 0 Å². The van der Waals surface area contributed by atoms with Crippen molar-refractivity contribution in [3.8, 4) is 23.1 Å². The number of nitrogens with zero attached hydrogens (tertiary/aromatic N) is 6.